The van der Waals surface area contributed by atoms with Crippen molar-refractivity contribution in [3.8, 4) is 0 Å². The average molecular weight is 380 g/mol. The molecular weight excluding hydrogens is 352 g/mol. The third-order valence-electron chi connectivity index (χ3n) is 6.31. The van der Waals surface area contributed by atoms with E-state index in [0.717, 1.165) is 64.0 Å². The van der Waals surface area contributed by atoms with Gasteiger partial charge in [-0.2, -0.15) is 4.98 Å². The first kappa shape index (κ1) is 17.9. The van der Waals surface area contributed by atoms with Crippen molar-refractivity contribution in [3.05, 3.63) is 48.2 Å². The van der Waals surface area contributed by atoms with Crippen LogP contribution in [0.25, 0.3) is 0 Å². The molecule has 0 saturated carbocycles. The molecule has 2 aromatic rings. The van der Waals surface area contributed by atoms with E-state index in [9.17, 15) is 0 Å². The summed E-state index contributed by atoms with van der Waals surface area (Å²) in [6.45, 7) is 4.20. The normalized spacial score (nSPS) is 30.1. The summed E-state index contributed by atoms with van der Waals surface area (Å²) in [6, 6.07) is 13.6. The van der Waals surface area contributed by atoms with Crippen LogP contribution in [0.2, 0.25) is 0 Å². The van der Waals surface area contributed by atoms with Gasteiger partial charge >= 0.3 is 0 Å². The van der Waals surface area contributed by atoms with Crippen molar-refractivity contribution in [3.63, 3.8) is 0 Å². The fraction of sp³-hybridized carbons (Fsp3) is 0.545. The topological polar surface area (TPSA) is 59.5 Å². The van der Waals surface area contributed by atoms with Gasteiger partial charge < -0.3 is 19.7 Å². The molecule has 0 bridgehead atoms. The van der Waals surface area contributed by atoms with Crippen molar-refractivity contribution in [2.45, 2.75) is 37.3 Å². The average Bonchev–Trinajstić information content (AvgIpc) is 3.15. The van der Waals surface area contributed by atoms with E-state index >= 15 is 0 Å². The fourth-order valence-electron chi connectivity index (χ4n) is 4.92. The van der Waals surface area contributed by atoms with Crippen molar-refractivity contribution >= 4 is 11.8 Å². The Morgan fingerprint density at radius 1 is 1.00 bits per heavy atom. The van der Waals surface area contributed by atoms with Crippen LogP contribution in [0.3, 0.4) is 0 Å². The van der Waals surface area contributed by atoms with Crippen LogP contribution < -0.4 is 10.2 Å². The molecule has 6 heteroatoms. The van der Waals surface area contributed by atoms with Gasteiger partial charge in [0.1, 0.15) is 5.82 Å². The standard InChI is InChI=1S/C22H28N4O2/c1-2-5-16(6-3-1)18-13-26(20-9-12-28-15-19(18)20)22-23-10-8-21(25-22)24-17-7-4-11-27-14-17/h1-3,5-6,8,10,17-20H,4,7,9,11-15H2,(H,23,24,25). The molecule has 4 heterocycles. The van der Waals surface area contributed by atoms with Gasteiger partial charge in [-0.05, 0) is 30.9 Å². The summed E-state index contributed by atoms with van der Waals surface area (Å²) < 4.78 is 11.4. The Labute approximate surface area is 166 Å². The SMILES string of the molecule is c1ccc(C2CN(c3nccc(NC4CCCOC4)n3)C3CCOCC23)cc1. The molecule has 4 atom stereocenters. The monoisotopic (exact) mass is 380 g/mol. The highest BCUT2D eigenvalue weighted by molar-refractivity contribution is 5.45. The van der Waals surface area contributed by atoms with Gasteiger partial charge in [-0.3, -0.25) is 0 Å². The summed E-state index contributed by atoms with van der Waals surface area (Å²) in [5.74, 6) is 2.67. The highest BCUT2D eigenvalue weighted by Gasteiger charge is 2.45. The summed E-state index contributed by atoms with van der Waals surface area (Å²) in [5.41, 5.74) is 1.39. The van der Waals surface area contributed by atoms with E-state index in [1.807, 2.05) is 12.3 Å². The fourth-order valence-corrected chi connectivity index (χ4v) is 4.92. The number of nitrogens with zero attached hydrogens (tertiary/aromatic N) is 3. The molecule has 0 aliphatic carbocycles. The van der Waals surface area contributed by atoms with E-state index < -0.39 is 0 Å². The maximum Gasteiger partial charge on any atom is 0.227 e. The summed E-state index contributed by atoms with van der Waals surface area (Å²) >= 11 is 0. The third-order valence-corrected chi connectivity index (χ3v) is 6.31. The first-order valence-electron chi connectivity index (χ1n) is 10.4. The smallest absolute Gasteiger partial charge is 0.227 e. The molecule has 28 heavy (non-hydrogen) atoms. The zero-order valence-corrected chi connectivity index (χ0v) is 16.2. The minimum Gasteiger partial charge on any atom is -0.381 e. The lowest BCUT2D eigenvalue weighted by atomic mass is 9.84. The lowest BCUT2D eigenvalue weighted by Crippen LogP contribution is -2.39. The van der Waals surface area contributed by atoms with E-state index in [-0.39, 0.29) is 0 Å². The number of hydrogen-bond donors (Lipinski definition) is 1. The summed E-state index contributed by atoms with van der Waals surface area (Å²) in [4.78, 5) is 11.9. The second kappa shape index (κ2) is 8.05. The van der Waals surface area contributed by atoms with Crippen molar-refractivity contribution in [2.75, 3.05) is 43.2 Å². The molecule has 0 radical (unpaired) electrons. The second-order valence-electron chi connectivity index (χ2n) is 8.06. The number of hydrogen-bond acceptors (Lipinski definition) is 6. The molecule has 1 aromatic carbocycles. The van der Waals surface area contributed by atoms with Crippen molar-refractivity contribution in [2.24, 2.45) is 5.92 Å². The maximum absolute atomic E-state index is 5.85. The Kier molecular flexibility index (Phi) is 5.14. The van der Waals surface area contributed by atoms with Crippen molar-refractivity contribution in [1.29, 1.82) is 0 Å². The van der Waals surface area contributed by atoms with Crippen molar-refractivity contribution in [1.82, 2.24) is 9.97 Å². The largest absolute Gasteiger partial charge is 0.381 e. The minimum atomic E-state index is 0.336. The van der Waals surface area contributed by atoms with Gasteiger partial charge in [0, 0.05) is 43.8 Å². The van der Waals surface area contributed by atoms with Crippen LogP contribution in [0.5, 0.6) is 0 Å². The molecule has 3 fully saturated rings. The number of ether oxygens (including phenoxy) is 2. The van der Waals surface area contributed by atoms with Crippen LogP contribution in [-0.4, -0.2) is 55.0 Å². The molecule has 148 valence electrons. The minimum absolute atomic E-state index is 0.336. The van der Waals surface area contributed by atoms with Gasteiger partial charge in [-0.1, -0.05) is 30.3 Å². The number of nitrogens with one attached hydrogen (secondary N) is 1. The predicted molar refractivity (Wildman–Crippen MR) is 109 cm³/mol. The van der Waals surface area contributed by atoms with Crippen LogP contribution in [0.1, 0.15) is 30.7 Å². The summed E-state index contributed by atoms with van der Waals surface area (Å²) in [7, 11) is 0. The van der Waals surface area contributed by atoms with Crippen molar-refractivity contribution < 1.29 is 9.47 Å². The molecule has 4 unspecified atom stereocenters. The lowest BCUT2D eigenvalue weighted by Gasteiger charge is -2.32. The van der Waals surface area contributed by atoms with E-state index in [4.69, 9.17) is 14.5 Å². The van der Waals surface area contributed by atoms with E-state index in [1.165, 1.54) is 5.56 Å². The van der Waals surface area contributed by atoms with Gasteiger partial charge in [0.05, 0.1) is 19.3 Å². The molecule has 6 nitrogen and oxygen atoms in total. The van der Waals surface area contributed by atoms with Crippen LogP contribution in [0, 0.1) is 5.92 Å². The Morgan fingerprint density at radius 2 is 1.89 bits per heavy atom. The lowest BCUT2D eigenvalue weighted by molar-refractivity contribution is 0.0460. The van der Waals surface area contributed by atoms with E-state index in [1.54, 1.807) is 0 Å². The number of anilines is 2. The van der Waals surface area contributed by atoms with Crippen LogP contribution >= 0.6 is 0 Å². The van der Waals surface area contributed by atoms with E-state index in [2.05, 4.69) is 45.5 Å². The summed E-state index contributed by atoms with van der Waals surface area (Å²) in [5, 5.41) is 3.53. The first-order chi connectivity index (χ1) is 13.9. The number of rotatable bonds is 4. The Morgan fingerprint density at radius 3 is 2.75 bits per heavy atom. The van der Waals surface area contributed by atoms with Crippen LogP contribution in [-0.2, 0) is 9.47 Å². The first-order valence-corrected chi connectivity index (χ1v) is 10.4. The Balaban J connectivity index is 1.38. The third kappa shape index (κ3) is 3.59. The molecule has 0 spiro atoms. The number of benzene rings is 1. The zero-order valence-electron chi connectivity index (χ0n) is 16.2. The van der Waals surface area contributed by atoms with Gasteiger partial charge in [-0.15, -0.1) is 0 Å². The predicted octanol–water partition coefficient (Wildman–Crippen LogP) is 3.08. The van der Waals surface area contributed by atoms with Crippen LogP contribution in [0.4, 0.5) is 11.8 Å². The maximum atomic E-state index is 5.85. The Bertz CT molecular complexity index is 781. The molecule has 1 aromatic heterocycles. The molecular formula is C22H28N4O2. The zero-order chi connectivity index (χ0) is 18.8. The number of fused-ring (bicyclic) bond motifs is 1. The molecule has 3 aliphatic heterocycles. The second-order valence-corrected chi connectivity index (χ2v) is 8.06. The van der Waals surface area contributed by atoms with Crippen LogP contribution in [0.15, 0.2) is 42.6 Å². The molecule has 3 saturated heterocycles. The van der Waals surface area contributed by atoms with Gasteiger partial charge in [-0.25, -0.2) is 4.98 Å². The quantitative estimate of drug-likeness (QED) is 0.880. The Hall–Kier alpha value is -2.18. The van der Waals surface area contributed by atoms with Gasteiger partial charge in [0.15, 0.2) is 0 Å². The van der Waals surface area contributed by atoms with Gasteiger partial charge in [0.25, 0.3) is 0 Å². The van der Waals surface area contributed by atoms with Gasteiger partial charge in [0.2, 0.25) is 5.95 Å². The van der Waals surface area contributed by atoms with E-state index in [0.29, 0.717) is 23.9 Å². The highest BCUT2D eigenvalue weighted by Crippen LogP contribution is 2.42. The molecule has 0 amide bonds. The summed E-state index contributed by atoms with van der Waals surface area (Å²) in [6.07, 6.45) is 5.13. The molecule has 5 rings (SSSR count). The molecule has 1 N–H and O–H groups in total. The highest BCUT2D eigenvalue weighted by atomic mass is 16.5. The molecule has 3 aliphatic rings. The number of aromatic nitrogens is 2.